The van der Waals surface area contributed by atoms with E-state index in [0.717, 1.165) is 54.3 Å². The second kappa shape index (κ2) is 15.4. The first kappa shape index (κ1) is 30.3. The van der Waals surface area contributed by atoms with Crippen molar-refractivity contribution in [2.45, 2.75) is 78.0 Å². The van der Waals surface area contributed by atoms with Crippen LogP contribution in [0.4, 0.5) is 0 Å². The van der Waals surface area contributed by atoms with E-state index >= 15 is 0 Å². The third-order valence-electron chi connectivity index (χ3n) is 7.74. The molecule has 0 aliphatic carbocycles. The molecule has 2 aromatic carbocycles. The molecule has 4 rings (SSSR count). The van der Waals surface area contributed by atoms with E-state index in [2.05, 4.69) is 47.4 Å². The lowest BCUT2D eigenvalue weighted by atomic mass is 9.92. The van der Waals surface area contributed by atoms with Crippen LogP contribution in [0.25, 0.3) is 10.9 Å². The third kappa shape index (κ3) is 8.92. The molecule has 41 heavy (non-hydrogen) atoms. The summed E-state index contributed by atoms with van der Waals surface area (Å²) in [6, 6.07) is 17.2. The average molecular weight is 561 g/mol. The first-order valence-electron chi connectivity index (χ1n) is 15.0. The van der Waals surface area contributed by atoms with Gasteiger partial charge in [-0.05, 0) is 48.8 Å². The van der Waals surface area contributed by atoms with Crippen LogP contribution in [0.15, 0.2) is 60.8 Å². The average Bonchev–Trinajstić information content (AvgIpc) is 3.33. The SMILES string of the molecule is CC(C)CC(CCN(C=O)OCc1ccccc1)C(=O)N[C@H]1Cc2cn(c3ccccc23)CCCCCCNC1=O. The second-order valence-electron chi connectivity index (χ2n) is 11.5. The van der Waals surface area contributed by atoms with Gasteiger partial charge in [0, 0.05) is 49.1 Å². The summed E-state index contributed by atoms with van der Waals surface area (Å²) in [5.74, 6) is -0.414. The van der Waals surface area contributed by atoms with Crippen molar-refractivity contribution in [1.29, 1.82) is 0 Å². The predicted octanol–water partition coefficient (Wildman–Crippen LogP) is 5.00. The van der Waals surface area contributed by atoms with Crippen molar-refractivity contribution in [3.63, 3.8) is 0 Å². The monoisotopic (exact) mass is 560 g/mol. The van der Waals surface area contributed by atoms with Crippen LogP contribution in [-0.2, 0) is 38.8 Å². The third-order valence-corrected chi connectivity index (χ3v) is 7.74. The number of rotatable bonds is 11. The molecule has 1 aliphatic heterocycles. The van der Waals surface area contributed by atoms with Crippen molar-refractivity contribution in [2.24, 2.45) is 11.8 Å². The van der Waals surface area contributed by atoms with Crippen LogP contribution in [0, 0.1) is 11.8 Å². The molecule has 8 nitrogen and oxygen atoms in total. The summed E-state index contributed by atoms with van der Waals surface area (Å²) in [7, 11) is 0. The van der Waals surface area contributed by atoms with E-state index in [4.69, 9.17) is 4.84 Å². The number of hydroxylamine groups is 2. The molecule has 2 atom stereocenters. The summed E-state index contributed by atoms with van der Waals surface area (Å²) >= 11 is 0. The van der Waals surface area contributed by atoms with Gasteiger partial charge in [-0.25, -0.2) is 5.06 Å². The quantitative estimate of drug-likeness (QED) is 0.255. The molecule has 0 fully saturated rings. The highest BCUT2D eigenvalue weighted by atomic mass is 16.7. The van der Waals surface area contributed by atoms with Gasteiger partial charge in [0.1, 0.15) is 12.6 Å². The fraction of sp³-hybridized carbons (Fsp3) is 0.485. The molecule has 8 heteroatoms. The van der Waals surface area contributed by atoms with Gasteiger partial charge in [-0.1, -0.05) is 75.2 Å². The van der Waals surface area contributed by atoms with Gasteiger partial charge in [-0.15, -0.1) is 0 Å². The van der Waals surface area contributed by atoms with Gasteiger partial charge in [0.2, 0.25) is 18.2 Å². The highest BCUT2D eigenvalue weighted by Crippen LogP contribution is 2.24. The van der Waals surface area contributed by atoms with E-state index in [9.17, 15) is 14.4 Å². The normalized spacial score (nSPS) is 17.1. The summed E-state index contributed by atoms with van der Waals surface area (Å²) in [6.07, 6.45) is 8.48. The minimum Gasteiger partial charge on any atom is -0.354 e. The van der Waals surface area contributed by atoms with Crippen LogP contribution in [0.1, 0.15) is 63.5 Å². The molecule has 2 N–H and O–H groups in total. The fourth-order valence-electron chi connectivity index (χ4n) is 5.57. The first-order valence-corrected chi connectivity index (χ1v) is 15.0. The minimum absolute atomic E-state index is 0.154. The van der Waals surface area contributed by atoms with E-state index in [1.165, 1.54) is 5.06 Å². The van der Waals surface area contributed by atoms with Gasteiger partial charge < -0.3 is 15.2 Å². The Balaban J connectivity index is 1.47. The maximum atomic E-state index is 13.7. The Kier molecular flexibility index (Phi) is 11.4. The Morgan fingerprint density at radius 2 is 1.85 bits per heavy atom. The lowest BCUT2D eigenvalue weighted by Gasteiger charge is -2.25. The van der Waals surface area contributed by atoms with Crippen molar-refractivity contribution in [3.8, 4) is 0 Å². The molecular weight excluding hydrogens is 516 g/mol. The number of fused-ring (bicyclic) bond motifs is 5. The van der Waals surface area contributed by atoms with Crippen LogP contribution in [0.2, 0.25) is 0 Å². The van der Waals surface area contributed by atoms with Crippen LogP contribution in [-0.4, -0.2) is 47.0 Å². The van der Waals surface area contributed by atoms with E-state index < -0.39 is 6.04 Å². The van der Waals surface area contributed by atoms with Crippen LogP contribution >= 0.6 is 0 Å². The summed E-state index contributed by atoms with van der Waals surface area (Å²) < 4.78 is 2.28. The topological polar surface area (TPSA) is 92.7 Å². The molecular formula is C33H44N4O4. The van der Waals surface area contributed by atoms with Gasteiger partial charge in [0.05, 0.1) is 0 Å². The smallest absolute Gasteiger partial charge is 0.242 e. The molecule has 3 aromatic rings. The van der Waals surface area contributed by atoms with Gasteiger partial charge in [0.15, 0.2) is 0 Å². The van der Waals surface area contributed by atoms with Gasteiger partial charge in [-0.2, -0.15) is 0 Å². The fourth-order valence-corrected chi connectivity index (χ4v) is 5.57. The Bertz CT molecular complexity index is 1270. The summed E-state index contributed by atoms with van der Waals surface area (Å²) in [4.78, 5) is 44.5. The molecule has 2 heterocycles. The Morgan fingerprint density at radius 3 is 2.63 bits per heavy atom. The number of carbonyl (C=O) groups excluding carboxylic acids is 3. The van der Waals surface area contributed by atoms with Crippen molar-refractivity contribution in [3.05, 3.63) is 71.9 Å². The first-order chi connectivity index (χ1) is 19.9. The number of hydrogen-bond donors (Lipinski definition) is 2. The number of benzene rings is 2. The minimum atomic E-state index is -0.686. The van der Waals surface area contributed by atoms with E-state index in [1.807, 2.05) is 42.5 Å². The molecule has 1 unspecified atom stereocenters. The number of aryl methyl sites for hydroxylation is 1. The Morgan fingerprint density at radius 1 is 1.10 bits per heavy atom. The number of hydrogen-bond acceptors (Lipinski definition) is 4. The molecule has 220 valence electrons. The second-order valence-corrected chi connectivity index (χ2v) is 11.5. The molecule has 0 saturated heterocycles. The number of amides is 3. The number of carbonyl (C=O) groups is 3. The molecule has 1 aliphatic rings. The molecule has 2 bridgehead atoms. The van der Waals surface area contributed by atoms with Crippen LogP contribution in [0.3, 0.4) is 0 Å². The number of para-hydroxylation sites is 1. The summed E-state index contributed by atoms with van der Waals surface area (Å²) in [5.41, 5.74) is 3.18. The molecule has 0 saturated carbocycles. The lowest BCUT2D eigenvalue weighted by molar-refractivity contribution is -0.178. The zero-order valence-electron chi connectivity index (χ0n) is 24.4. The van der Waals surface area contributed by atoms with E-state index in [0.29, 0.717) is 32.2 Å². The van der Waals surface area contributed by atoms with Crippen molar-refractivity contribution in [2.75, 3.05) is 13.1 Å². The maximum Gasteiger partial charge on any atom is 0.242 e. The zero-order chi connectivity index (χ0) is 29.0. The largest absolute Gasteiger partial charge is 0.354 e. The van der Waals surface area contributed by atoms with Crippen molar-refractivity contribution < 1.29 is 19.2 Å². The maximum absolute atomic E-state index is 13.7. The molecule has 0 radical (unpaired) electrons. The van der Waals surface area contributed by atoms with Gasteiger partial charge in [0.25, 0.3) is 0 Å². The number of nitrogens with zero attached hydrogens (tertiary/aromatic N) is 2. The van der Waals surface area contributed by atoms with E-state index in [-0.39, 0.29) is 36.8 Å². The van der Waals surface area contributed by atoms with Crippen LogP contribution < -0.4 is 10.6 Å². The summed E-state index contributed by atoms with van der Waals surface area (Å²) in [5, 5.41) is 8.53. The molecule has 3 amide bonds. The number of nitrogens with one attached hydrogen (secondary N) is 2. The highest BCUT2D eigenvalue weighted by Gasteiger charge is 2.28. The van der Waals surface area contributed by atoms with Crippen molar-refractivity contribution in [1.82, 2.24) is 20.3 Å². The molecule has 1 aromatic heterocycles. The Labute approximate surface area is 243 Å². The molecule has 0 spiro atoms. The lowest BCUT2D eigenvalue weighted by Crippen LogP contribution is -2.50. The van der Waals surface area contributed by atoms with Crippen LogP contribution in [0.5, 0.6) is 0 Å². The number of aromatic nitrogens is 1. The standard InChI is InChI=1S/C33H44N4O4/c1-25(2)20-27(16-19-37(24-38)41-23-26-12-6-5-7-13-26)32(39)35-30-21-28-22-36(31-15-9-8-14-29(28)31)18-11-4-3-10-17-34-33(30)40/h5-9,12-15,22,24-25,27,30H,3-4,10-11,16-21,23H2,1-2H3,(H,34,40)(H,35,39)/t27?,30-/m0/s1. The zero-order valence-corrected chi connectivity index (χ0v) is 24.4. The van der Waals surface area contributed by atoms with E-state index in [1.54, 1.807) is 0 Å². The Hall–Kier alpha value is -3.65. The van der Waals surface area contributed by atoms with Gasteiger partial charge in [-0.3, -0.25) is 19.2 Å². The van der Waals surface area contributed by atoms with Gasteiger partial charge >= 0.3 is 0 Å². The predicted molar refractivity (Wildman–Crippen MR) is 161 cm³/mol. The highest BCUT2D eigenvalue weighted by molar-refractivity contribution is 5.90. The summed E-state index contributed by atoms with van der Waals surface area (Å²) in [6.45, 7) is 6.25. The van der Waals surface area contributed by atoms with Crippen molar-refractivity contribution >= 4 is 29.1 Å².